The van der Waals surface area contributed by atoms with Gasteiger partial charge in [-0.25, -0.2) is 23.2 Å². The normalized spacial score (nSPS) is 15.1. The molecule has 0 fully saturated rings. The number of likely N-dealkylation sites (N-methyl/N-ethyl adjacent to an activating group) is 1. The summed E-state index contributed by atoms with van der Waals surface area (Å²) < 4.78 is 53.0. The molecule has 0 aromatic carbocycles. The molecule has 14 nitrogen and oxygen atoms in total. The van der Waals surface area contributed by atoms with Crippen molar-refractivity contribution in [2.24, 2.45) is 22.3 Å². The molecule has 2 atom stereocenters. The number of hydrogen-bond acceptors (Lipinski definition) is 11. The molecule has 0 saturated carbocycles. The van der Waals surface area contributed by atoms with Crippen LogP contribution in [0, 0.1) is 11.8 Å². The van der Waals surface area contributed by atoms with E-state index in [0.717, 1.165) is 4.90 Å². The highest BCUT2D eigenvalue weighted by molar-refractivity contribution is 7.52. The number of rotatable bonds is 14. The number of ether oxygens (including phenoxy) is 5. The van der Waals surface area contributed by atoms with E-state index in [4.69, 9.17) is 38.5 Å². The van der Waals surface area contributed by atoms with Gasteiger partial charge in [0, 0.05) is 18.9 Å². The molecule has 0 aliphatic carbocycles. The Morgan fingerprint density at radius 1 is 0.829 bits per heavy atom. The van der Waals surface area contributed by atoms with Gasteiger partial charge >= 0.3 is 26.0 Å². The number of hydrogen-bond donors (Lipinski definition) is 1. The number of nitrogens with two attached hydrogens (primary N) is 1. The maximum absolute atomic E-state index is 13.7. The van der Waals surface area contributed by atoms with Crippen molar-refractivity contribution in [1.29, 1.82) is 0 Å². The van der Waals surface area contributed by atoms with Gasteiger partial charge in [0.15, 0.2) is 0 Å². The third-order valence-corrected chi connectivity index (χ3v) is 5.20. The van der Waals surface area contributed by atoms with Crippen LogP contribution in [0.3, 0.4) is 0 Å². The lowest BCUT2D eigenvalue weighted by molar-refractivity contribution is -0.143. The molecule has 0 aromatic rings. The fraction of sp³-hybridized carbons (Fsp3) is 0.800. The molecule has 2 unspecified atom stereocenters. The molecule has 15 heteroatoms. The van der Waals surface area contributed by atoms with Crippen LogP contribution >= 0.6 is 7.75 Å². The maximum atomic E-state index is 13.7. The van der Waals surface area contributed by atoms with Crippen LogP contribution in [0.5, 0.6) is 0 Å². The number of guanidine groups is 1. The van der Waals surface area contributed by atoms with Gasteiger partial charge in [0.2, 0.25) is 18.5 Å². The van der Waals surface area contributed by atoms with E-state index < -0.39 is 56.4 Å². The molecule has 0 saturated heterocycles. The second-order valence-corrected chi connectivity index (χ2v) is 9.18. The molecule has 0 rings (SSSR count). The van der Waals surface area contributed by atoms with Crippen LogP contribution in [-0.2, 0) is 42.1 Å². The van der Waals surface area contributed by atoms with Gasteiger partial charge in [-0.1, -0.05) is 27.7 Å². The van der Waals surface area contributed by atoms with Crippen molar-refractivity contribution in [3.8, 4) is 0 Å². The molecular formula is C20H38N3O11P. The highest BCUT2D eigenvalue weighted by atomic mass is 31.2. The van der Waals surface area contributed by atoms with Crippen molar-refractivity contribution in [2.45, 2.75) is 61.0 Å². The van der Waals surface area contributed by atoms with Crippen molar-refractivity contribution in [1.82, 2.24) is 4.90 Å². The molecule has 0 aromatic heterocycles. The van der Waals surface area contributed by atoms with Crippen LogP contribution in [0.2, 0.25) is 0 Å². The van der Waals surface area contributed by atoms with Gasteiger partial charge in [-0.15, -0.1) is 4.76 Å². The summed E-state index contributed by atoms with van der Waals surface area (Å²) in [6.07, 6.45) is -5.03. The van der Waals surface area contributed by atoms with E-state index in [1.54, 1.807) is 48.5 Å². The first-order valence-electron chi connectivity index (χ1n) is 11.1. The quantitative estimate of drug-likeness (QED) is 0.0871. The molecule has 0 bridgehead atoms. The van der Waals surface area contributed by atoms with Crippen molar-refractivity contribution >= 4 is 32.0 Å². The van der Waals surface area contributed by atoms with E-state index in [2.05, 4.69) is 4.76 Å². The van der Waals surface area contributed by atoms with Crippen molar-refractivity contribution < 1.29 is 51.7 Å². The molecule has 35 heavy (non-hydrogen) atoms. The van der Waals surface area contributed by atoms with Crippen LogP contribution in [-0.4, -0.2) is 75.1 Å². The monoisotopic (exact) mass is 527 g/mol. The van der Waals surface area contributed by atoms with E-state index in [-0.39, 0.29) is 26.4 Å². The average molecular weight is 528 g/mol. The summed E-state index contributed by atoms with van der Waals surface area (Å²) in [5, 5.41) is 0. The highest BCUT2D eigenvalue weighted by Crippen LogP contribution is 2.54. The van der Waals surface area contributed by atoms with E-state index >= 15 is 0 Å². The van der Waals surface area contributed by atoms with Gasteiger partial charge in [-0.3, -0.25) is 4.79 Å². The molecule has 0 aliphatic rings. The minimum Gasteiger partial charge on any atom is -0.465 e. The summed E-state index contributed by atoms with van der Waals surface area (Å²) in [5.74, 6) is -2.10. The number of nitrogens with zero attached hydrogens (tertiary/aromatic N) is 2. The molecular weight excluding hydrogens is 489 g/mol. The molecule has 0 aliphatic heterocycles. The zero-order valence-electron chi connectivity index (χ0n) is 21.5. The first-order chi connectivity index (χ1) is 16.3. The zero-order chi connectivity index (χ0) is 27.2. The first kappa shape index (κ1) is 32.4. The van der Waals surface area contributed by atoms with Crippen molar-refractivity contribution in [2.75, 3.05) is 33.4 Å². The Labute approximate surface area is 205 Å². The Bertz CT molecular complexity index is 723. The summed E-state index contributed by atoms with van der Waals surface area (Å²) >= 11 is 0. The Balaban J connectivity index is 6.10. The predicted molar refractivity (Wildman–Crippen MR) is 124 cm³/mol. The summed E-state index contributed by atoms with van der Waals surface area (Å²) in [5.41, 5.74) is 5.92. The van der Waals surface area contributed by atoms with Gasteiger partial charge < -0.3 is 34.3 Å². The highest BCUT2D eigenvalue weighted by Gasteiger charge is 2.39. The van der Waals surface area contributed by atoms with E-state index in [9.17, 15) is 18.9 Å². The van der Waals surface area contributed by atoms with Crippen LogP contribution in [0.15, 0.2) is 4.76 Å². The lowest BCUT2D eigenvalue weighted by Gasteiger charge is -2.28. The number of esters is 1. The van der Waals surface area contributed by atoms with Crippen LogP contribution in [0.1, 0.15) is 48.5 Å². The molecule has 0 radical (unpaired) electrons. The molecule has 0 heterocycles. The smallest absolute Gasteiger partial charge is 0.465 e. The fourth-order valence-corrected chi connectivity index (χ4v) is 3.72. The van der Waals surface area contributed by atoms with Gasteiger partial charge in [-0.2, -0.15) is 0 Å². The SMILES string of the molecule is CCOC(=O)CN(C)/C(N)=N/P(=O)(OC(OC(=O)OCC)C(C)C)OC(OC(=O)OCC)C(C)C. The average Bonchev–Trinajstić information content (AvgIpc) is 2.72. The number of carbonyl (C=O) groups excluding carboxylic acids is 3. The molecule has 204 valence electrons. The van der Waals surface area contributed by atoms with Gasteiger partial charge in [-0.05, 0) is 20.8 Å². The maximum Gasteiger partial charge on any atom is 0.510 e. The van der Waals surface area contributed by atoms with Gasteiger partial charge in [0.05, 0.1) is 19.8 Å². The van der Waals surface area contributed by atoms with Gasteiger partial charge in [0.1, 0.15) is 6.54 Å². The Morgan fingerprint density at radius 3 is 1.57 bits per heavy atom. The summed E-state index contributed by atoms with van der Waals surface area (Å²) in [7, 11) is -3.26. The Hall–Kier alpha value is -2.57. The second kappa shape index (κ2) is 16.2. The molecule has 0 amide bonds. The van der Waals surface area contributed by atoms with Crippen molar-refractivity contribution in [3.05, 3.63) is 0 Å². The largest absolute Gasteiger partial charge is 0.510 e. The van der Waals surface area contributed by atoms with Crippen LogP contribution in [0.4, 0.5) is 9.59 Å². The Morgan fingerprint density at radius 2 is 1.23 bits per heavy atom. The van der Waals surface area contributed by atoms with E-state index in [0.29, 0.717) is 0 Å². The lowest BCUT2D eigenvalue weighted by Crippen LogP contribution is -2.38. The minimum atomic E-state index is -4.65. The molecule has 2 N–H and O–H groups in total. The topological polar surface area (TPSA) is 175 Å². The third kappa shape index (κ3) is 13.2. The lowest BCUT2D eigenvalue weighted by atomic mass is 10.2. The standard InChI is InChI=1S/C20H38N3O11P/c1-9-28-15(24)12-23(8)18(21)22-35(27,33-16(13(4)5)31-19(25)29-10-2)34-17(14(6)7)32-20(26)30-11-3/h13-14,16-17H,9-12H2,1-8H3,(H2,21,22,27). The summed E-state index contributed by atoms with van der Waals surface area (Å²) in [6, 6.07) is 0. The Kier molecular flexibility index (Phi) is 15.0. The number of carbonyl (C=O) groups is 3. The third-order valence-electron chi connectivity index (χ3n) is 3.80. The van der Waals surface area contributed by atoms with Crippen molar-refractivity contribution in [3.63, 3.8) is 0 Å². The second-order valence-electron chi connectivity index (χ2n) is 7.63. The first-order valence-corrected chi connectivity index (χ1v) is 12.6. The molecule has 0 spiro atoms. The summed E-state index contributed by atoms with van der Waals surface area (Å²) in [6.45, 7) is 11.1. The van der Waals surface area contributed by atoms with E-state index in [1.165, 1.54) is 7.05 Å². The van der Waals surface area contributed by atoms with Crippen LogP contribution in [0.25, 0.3) is 0 Å². The van der Waals surface area contributed by atoms with Gasteiger partial charge in [0.25, 0.3) is 0 Å². The minimum absolute atomic E-state index is 0.0321. The predicted octanol–water partition coefficient (Wildman–Crippen LogP) is 3.25. The van der Waals surface area contributed by atoms with Crippen LogP contribution < -0.4 is 5.73 Å². The van der Waals surface area contributed by atoms with E-state index in [1.807, 2.05) is 0 Å². The fourth-order valence-electron chi connectivity index (χ4n) is 2.07. The zero-order valence-corrected chi connectivity index (χ0v) is 22.4. The summed E-state index contributed by atoms with van der Waals surface area (Å²) in [4.78, 5) is 36.6.